The van der Waals surface area contributed by atoms with E-state index in [1.807, 2.05) is 0 Å². The van der Waals surface area contributed by atoms with Crippen LogP contribution in [0.2, 0.25) is 0 Å². The summed E-state index contributed by atoms with van der Waals surface area (Å²) in [6.07, 6.45) is 5.48. The second-order valence-electron chi connectivity index (χ2n) is 5.70. The fourth-order valence-corrected chi connectivity index (χ4v) is 4.93. The lowest BCUT2D eigenvalue weighted by molar-refractivity contribution is 0.181. The lowest BCUT2D eigenvalue weighted by Crippen LogP contribution is -2.48. The van der Waals surface area contributed by atoms with E-state index in [4.69, 9.17) is 0 Å². The summed E-state index contributed by atoms with van der Waals surface area (Å²) in [5.41, 5.74) is 0. The predicted molar refractivity (Wildman–Crippen MR) is 74.6 cm³/mol. The van der Waals surface area contributed by atoms with Crippen molar-refractivity contribution < 1.29 is 8.42 Å². The molecule has 2 saturated heterocycles. The molecule has 2 fully saturated rings. The topological polar surface area (TPSA) is 49.4 Å². The monoisotopic (exact) mass is 274 g/mol. The molecule has 2 heterocycles. The number of hydrogen-bond acceptors (Lipinski definition) is 4. The second-order valence-corrected chi connectivity index (χ2v) is 7.93. The minimum atomic E-state index is -2.79. The van der Waals surface area contributed by atoms with E-state index in [0.29, 0.717) is 17.5 Å². The normalized spacial score (nSPS) is 31.9. The first-order valence-corrected chi connectivity index (χ1v) is 9.11. The van der Waals surface area contributed by atoms with Crippen LogP contribution in [0.15, 0.2) is 0 Å². The van der Waals surface area contributed by atoms with Gasteiger partial charge in [-0.3, -0.25) is 4.90 Å². The van der Waals surface area contributed by atoms with Crippen molar-refractivity contribution in [3.8, 4) is 0 Å². The van der Waals surface area contributed by atoms with E-state index in [1.54, 1.807) is 0 Å². The van der Waals surface area contributed by atoms with Crippen molar-refractivity contribution in [2.24, 2.45) is 0 Å². The fourth-order valence-electron chi connectivity index (χ4n) is 3.19. The molecule has 2 unspecified atom stereocenters. The summed E-state index contributed by atoms with van der Waals surface area (Å²) < 4.78 is 23.5. The van der Waals surface area contributed by atoms with Gasteiger partial charge in [0.1, 0.15) is 0 Å². The maximum atomic E-state index is 11.8. The third-order valence-electron chi connectivity index (χ3n) is 4.08. The Morgan fingerprint density at radius 2 is 2.11 bits per heavy atom. The van der Waals surface area contributed by atoms with Crippen molar-refractivity contribution in [1.82, 2.24) is 10.2 Å². The summed E-state index contributed by atoms with van der Waals surface area (Å²) in [6.45, 7) is 5.34. The standard InChI is InChI=1S/C13H26N2O2S/c1-2-8-15(10-12-5-3-7-14-12)13-6-4-9-18(16,17)11-13/h12-14H,2-11H2,1H3. The first-order chi connectivity index (χ1) is 8.61. The van der Waals surface area contributed by atoms with Crippen LogP contribution >= 0.6 is 0 Å². The van der Waals surface area contributed by atoms with Crippen LogP contribution in [0.25, 0.3) is 0 Å². The molecule has 1 N–H and O–H groups in total. The highest BCUT2D eigenvalue weighted by molar-refractivity contribution is 7.91. The van der Waals surface area contributed by atoms with Crippen LogP contribution in [0, 0.1) is 0 Å². The van der Waals surface area contributed by atoms with E-state index in [2.05, 4.69) is 17.1 Å². The van der Waals surface area contributed by atoms with Gasteiger partial charge in [-0.05, 0) is 45.2 Å². The Morgan fingerprint density at radius 3 is 2.72 bits per heavy atom. The van der Waals surface area contributed by atoms with Crippen molar-refractivity contribution in [2.75, 3.05) is 31.1 Å². The second kappa shape index (κ2) is 6.35. The van der Waals surface area contributed by atoms with Crippen LogP contribution in [0.3, 0.4) is 0 Å². The zero-order valence-corrected chi connectivity index (χ0v) is 12.2. The molecule has 2 aliphatic rings. The number of nitrogens with one attached hydrogen (secondary N) is 1. The SMILES string of the molecule is CCCN(CC1CCCN1)C1CCCS(=O)(=O)C1. The molecule has 0 amide bonds. The number of hydrogen-bond donors (Lipinski definition) is 1. The minimum absolute atomic E-state index is 0.256. The smallest absolute Gasteiger partial charge is 0.151 e. The van der Waals surface area contributed by atoms with E-state index in [-0.39, 0.29) is 6.04 Å². The highest BCUT2D eigenvalue weighted by Crippen LogP contribution is 2.19. The Labute approximate surface area is 111 Å². The summed E-state index contributed by atoms with van der Waals surface area (Å²) in [4.78, 5) is 2.42. The summed E-state index contributed by atoms with van der Waals surface area (Å²) in [5, 5.41) is 3.51. The number of nitrogens with zero attached hydrogens (tertiary/aromatic N) is 1. The summed E-state index contributed by atoms with van der Waals surface area (Å²) in [7, 11) is -2.79. The Hall–Kier alpha value is -0.130. The third kappa shape index (κ3) is 3.93. The van der Waals surface area contributed by atoms with Gasteiger partial charge >= 0.3 is 0 Å². The van der Waals surface area contributed by atoms with Gasteiger partial charge in [0.15, 0.2) is 9.84 Å². The lowest BCUT2D eigenvalue weighted by atomic mass is 10.1. The Morgan fingerprint density at radius 1 is 1.28 bits per heavy atom. The highest BCUT2D eigenvalue weighted by atomic mass is 32.2. The van der Waals surface area contributed by atoms with Crippen LogP contribution in [0.5, 0.6) is 0 Å². The van der Waals surface area contributed by atoms with Gasteiger partial charge in [-0.1, -0.05) is 6.92 Å². The molecule has 0 bridgehead atoms. The van der Waals surface area contributed by atoms with Gasteiger partial charge in [0.2, 0.25) is 0 Å². The quantitative estimate of drug-likeness (QED) is 0.813. The van der Waals surface area contributed by atoms with Gasteiger partial charge in [-0.2, -0.15) is 0 Å². The molecule has 0 spiro atoms. The molecular weight excluding hydrogens is 248 g/mol. The molecule has 0 aromatic heterocycles. The molecular formula is C13H26N2O2S. The summed E-state index contributed by atoms with van der Waals surface area (Å²) in [6, 6.07) is 0.826. The fraction of sp³-hybridized carbons (Fsp3) is 1.00. The van der Waals surface area contributed by atoms with E-state index >= 15 is 0 Å². The summed E-state index contributed by atoms with van der Waals surface area (Å²) >= 11 is 0. The molecule has 0 saturated carbocycles. The molecule has 2 rings (SSSR count). The first kappa shape index (κ1) is 14.3. The van der Waals surface area contributed by atoms with Gasteiger partial charge in [0.25, 0.3) is 0 Å². The van der Waals surface area contributed by atoms with Gasteiger partial charge in [-0.25, -0.2) is 8.42 Å². The molecule has 0 radical (unpaired) electrons. The average molecular weight is 274 g/mol. The molecule has 0 aliphatic carbocycles. The largest absolute Gasteiger partial charge is 0.313 e. The highest BCUT2D eigenvalue weighted by Gasteiger charge is 2.30. The molecule has 18 heavy (non-hydrogen) atoms. The van der Waals surface area contributed by atoms with Crippen LogP contribution in [0.1, 0.15) is 39.0 Å². The van der Waals surface area contributed by atoms with Crippen molar-refractivity contribution in [3.63, 3.8) is 0 Å². The lowest BCUT2D eigenvalue weighted by Gasteiger charge is -2.35. The van der Waals surface area contributed by atoms with Crippen LogP contribution in [0.4, 0.5) is 0 Å². The maximum absolute atomic E-state index is 11.8. The molecule has 0 aromatic carbocycles. The van der Waals surface area contributed by atoms with Gasteiger partial charge in [0, 0.05) is 18.6 Å². The number of rotatable bonds is 5. The number of sulfone groups is 1. The predicted octanol–water partition coefficient (Wildman–Crippen LogP) is 1.03. The third-order valence-corrected chi connectivity index (χ3v) is 5.89. The van der Waals surface area contributed by atoms with E-state index in [1.165, 1.54) is 12.8 Å². The summed E-state index contributed by atoms with van der Waals surface area (Å²) in [5.74, 6) is 0.769. The first-order valence-electron chi connectivity index (χ1n) is 7.28. The van der Waals surface area contributed by atoms with Crippen LogP contribution < -0.4 is 5.32 Å². The van der Waals surface area contributed by atoms with Gasteiger partial charge in [0.05, 0.1) is 11.5 Å². The molecule has 106 valence electrons. The Bertz CT molecular complexity index is 350. The Balaban J connectivity index is 1.95. The molecule has 5 heteroatoms. The van der Waals surface area contributed by atoms with E-state index < -0.39 is 9.84 Å². The van der Waals surface area contributed by atoms with Crippen molar-refractivity contribution >= 4 is 9.84 Å². The average Bonchev–Trinajstić information content (AvgIpc) is 2.80. The molecule has 4 nitrogen and oxygen atoms in total. The minimum Gasteiger partial charge on any atom is -0.313 e. The van der Waals surface area contributed by atoms with Gasteiger partial charge < -0.3 is 5.32 Å². The molecule has 2 aliphatic heterocycles. The Kier molecular flexibility index (Phi) is 5.04. The van der Waals surface area contributed by atoms with Crippen molar-refractivity contribution in [3.05, 3.63) is 0 Å². The van der Waals surface area contributed by atoms with Crippen molar-refractivity contribution in [2.45, 2.75) is 51.1 Å². The van der Waals surface area contributed by atoms with E-state index in [9.17, 15) is 8.42 Å². The van der Waals surface area contributed by atoms with Crippen LogP contribution in [-0.2, 0) is 9.84 Å². The molecule has 2 atom stereocenters. The molecule has 0 aromatic rings. The van der Waals surface area contributed by atoms with E-state index in [0.717, 1.165) is 38.9 Å². The zero-order valence-electron chi connectivity index (χ0n) is 11.4. The van der Waals surface area contributed by atoms with Crippen LogP contribution in [-0.4, -0.2) is 56.5 Å². The maximum Gasteiger partial charge on any atom is 0.151 e. The van der Waals surface area contributed by atoms with Gasteiger partial charge in [-0.15, -0.1) is 0 Å². The van der Waals surface area contributed by atoms with Crippen molar-refractivity contribution in [1.29, 1.82) is 0 Å². The zero-order chi connectivity index (χ0) is 13.0.